The van der Waals surface area contributed by atoms with Crippen molar-refractivity contribution < 1.29 is 4.79 Å². The van der Waals surface area contributed by atoms with E-state index < -0.39 is 0 Å². The lowest BCUT2D eigenvalue weighted by molar-refractivity contribution is 0.0976. The Morgan fingerprint density at radius 2 is 1.76 bits per heavy atom. The molecule has 17 heavy (non-hydrogen) atoms. The summed E-state index contributed by atoms with van der Waals surface area (Å²) >= 11 is 15.1. The molecule has 0 atom stereocenters. The highest BCUT2D eigenvalue weighted by atomic mass is 35.5. The molecule has 90 valence electrons. The van der Waals surface area contributed by atoms with E-state index in [1.165, 1.54) is 0 Å². The molecule has 5 N–H and O–H groups in total. The average Bonchev–Trinajstić information content (AvgIpc) is 2.27. The highest BCUT2D eigenvalue weighted by molar-refractivity contribution is 7.80. The van der Waals surface area contributed by atoms with Crippen LogP contribution in [0, 0.1) is 0 Å². The van der Waals surface area contributed by atoms with Gasteiger partial charge in [-0.3, -0.25) is 21.0 Å². The van der Waals surface area contributed by atoms with Gasteiger partial charge in [-0.2, -0.15) is 0 Å². The molecule has 0 heterocycles. The van der Waals surface area contributed by atoms with Crippen molar-refractivity contribution in [3.05, 3.63) is 34.9 Å². The van der Waals surface area contributed by atoms with Crippen LogP contribution in [0.2, 0.25) is 5.02 Å². The summed E-state index contributed by atoms with van der Waals surface area (Å²) in [5.74, 6) is -0.357. The summed E-state index contributed by atoms with van der Waals surface area (Å²) in [6, 6.07) is 6.39. The highest BCUT2D eigenvalue weighted by Crippen LogP contribution is 2.09. The van der Waals surface area contributed by atoms with E-state index in [9.17, 15) is 4.79 Å². The Morgan fingerprint density at radius 1 is 1.18 bits per heavy atom. The molecule has 5 nitrogen and oxygen atoms in total. The molecule has 1 aromatic carbocycles. The van der Waals surface area contributed by atoms with Crippen LogP contribution in [-0.2, 0) is 0 Å². The number of hydrogen-bond donors (Lipinski definition) is 4. The van der Waals surface area contributed by atoms with E-state index in [1.54, 1.807) is 24.3 Å². The third-order valence-corrected chi connectivity index (χ3v) is 2.19. The molecule has 8 heteroatoms. The number of rotatable bonds is 1. The molecular formula is C9H9ClN4OS2. The Kier molecular flexibility index (Phi) is 5.08. The van der Waals surface area contributed by atoms with Crippen molar-refractivity contribution in [3.63, 3.8) is 0 Å². The molecule has 0 aliphatic heterocycles. The largest absolute Gasteiger partial charge is 0.375 e. The second kappa shape index (κ2) is 6.33. The van der Waals surface area contributed by atoms with E-state index in [2.05, 4.69) is 28.4 Å². The first-order chi connectivity index (χ1) is 7.99. The fourth-order valence-electron chi connectivity index (χ4n) is 0.926. The highest BCUT2D eigenvalue weighted by Gasteiger charge is 2.06. The lowest BCUT2D eigenvalue weighted by atomic mass is 10.2. The summed E-state index contributed by atoms with van der Waals surface area (Å²) < 4.78 is 0. The van der Waals surface area contributed by atoms with Crippen LogP contribution in [0.15, 0.2) is 24.3 Å². The number of thiocarbonyl (C=S) groups is 2. The van der Waals surface area contributed by atoms with Crippen LogP contribution < -0.4 is 21.9 Å². The molecule has 1 amide bonds. The number of carbonyl (C=O) groups excluding carboxylic acids is 1. The van der Waals surface area contributed by atoms with Crippen molar-refractivity contribution in [1.29, 1.82) is 0 Å². The van der Waals surface area contributed by atoms with Gasteiger partial charge >= 0.3 is 0 Å². The van der Waals surface area contributed by atoms with Crippen LogP contribution >= 0.6 is 36.0 Å². The molecule has 1 aromatic rings. The van der Waals surface area contributed by atoms with Gasteiger partial charge in [-0.1, -0.05) is 11.6 Å². The van der Waals surface area contributed by atoms with E-state index in [4.69, 9.17) is 29.6 Å². The molecule has 0 aromatic heterocycles. The number of benzene rings is 1. The summed E-state index contributed by atoms with van der Waals surface area (Å²) in [5.41, 5.74) is 10.5. The second-order valence-electron chi connectivity index (χ2n) is 2.90. The zero-order chi connectivity index (χ0) is 12.8. The summed E-state index contributed by atoms with van der Waals surface area (Å²) in [6.45, 7) is 0. The normalized spacial score (nSPS) is 9.24. The number of nitrogens with two attached hydrogens (primary N) is 1. The van der Waals surface area contributed by atoms with E-state index in [1.807, 2.05) is 0 Å². The van der Waals surface area contributed by atoms with Gasteiger partial charge < -0.3 is 5.73 Å². The molecule has 0 aliphatic carbocycles. The maximum Gasteiger partial charge on any atom is 0.257 e. The van der Waals surface area contributed by atoms with E-state index >= 15 is 0 Å². The molecule has 0 saturated heterocycles. The third-order valence-electron chi connectivity index (χ3n) is 1.63. The molecular weight excluding hydrogens is 280 g/mol. The van der Waals surface area contributed by atoms with Gasteiger partial charge in [-0.05, 0) is 48.7 Å². The first-order valence-corrected chi connectivity index (χ1v) is 5.61. The van der Waals surface area contributed by atoms with E-state index in [-0.39, 0.29) is 16.1 Å². The van der Waals surface area contributed by atoms with Gasteiger partial charge in [0.1, 0.15) is 0 Å². The Hall–Kier alpha value is -1.44. The lowest BCUT2D eigenvalue weighted by Gasteiger charge is -2.10. The van der Waals surface area contributed by atoms with Gasteiger partial charge in [0.2, 0.25) is 0 Å². The predicted molar refractivity (Wildman–Crippen MR) is 74.6 cm³/mol. The van der Waals surface area contributed by atoms with Crippen LogP contribution in [0.1, 0.15) is 10.4 Å². The summed E-state index contributed by atoms with van der Waals surface area (Å²) in [7, 11) is 0. The van der Waals surface area contributed by atoms with Crippen LogP contribution in [0.5, 0.6) is 0 Å². The molecule has 0 radical (unpaired) electrons. The third kappa shape index (κ3) is 4.94. The fourth-order valence-corrected chi connectivity index (χ4v) is 1.25. The zero-order valence-corrected chi connectivity index (χ0v) is 10.9. The van der Waals surface area contributed by atoms with Crippen LogP contribution in [0.4, 0.5) is 0 Å². The number of nitrogens with one attached hydrogen (secondary N) is 3. The maximum atomic E-state index is 11.6. The minimum atomic E-state index is -0.357. The standard InChI is InChI=1S/C9H9ClN4OS2/c10-6-3-1-5(2-4-6)7(15)12-9(17)14-13-8(11)16/h1-4H,(H3,11,13,16)(H2,12,14,15,17). The van der Waals surface area contributed by atoms with Gasteiger partial charge in [-0.15, -0.1) is 0 Å². The van der Waals surface area contributed by atoms with Crippen LogP contribution in [0.3, 0.4) is 0 Å². The molecule has 0 fully saturated rings. The Balaban J connectivity index is 2.51. The number of amides is 1. The summed E-state index contributed by atoms with van der Waals surface area (Å²) in [6.07, 6.45) is 0. The van der Waals surface area contributed by atoms with Crippen molar-refractivity contribution >= 4 is 52.2 Å². The van der Waals surface area contributed by atoms with Crippen LogP contribution in [0.25, 0.3) is 0 Å². The molecule has 0 bridgehead atoms. The number of hydrazine groups is 1. The van der Waals surface area contributed by atoms with E-state index in [0.29, 0.717) is 10.6 Å². The van der Waals surface area contributed by atoms with Gasteiger partial charge in [0, 0.05) is 10.6 Å². The minimum Gasteiger partial charge on any atom is -0.375 e. The fraction of sp³-hybridized carbons (Fsp3) is 0. The van der Waals surface area contributed by atoms with Gasteiger partial charge in [-0.25, -0.2) is 0 Å². The lowest BCUT2D eigenvalue weighted by Crippen LogP contribution is -2.50. The smallest absolute Gasteiger partial charge is 0.257 e. The van der Waals surface area contributed by atoms with Crippen molar-refractivity contribution in [3.8, 4) is 0 Å². The van der Waals surface area contributed by atoms with Crippen molar-refractivity contribution in [2.45, 2.75) is 0 Å². The van der Waals surface area contributed by atoms with Crippen molar-refractivity contribution in [2.75, 3.05) is 0 Å². The maximum absolute atomic E-state index is 11.6. The second-order valence-corrected chi connectivity index (χ2v) is 4.19. The zero-order valence-electron chi connectivity index (χ0n) is 8.49. The molecule has 0 aliphatic rings. The Labute approximate surface area is 114 Å². The quantitative estimate of drug-likeness (QED) is 0.450. The topological polar surface area (TPSA) is 79.2 Å². The van der Waals surface area contributed by atoms with Gasteiger partial charge in [0.05, 0.1) is 0 Å². The average molecular weight is 289 g/mol. The first kappa shape index (κ1) is 13.6. The predicted octanol–water partition coefficient (Wildman–Crippen LogP) is 0.693. The van der Waals surface area contributed by atoms with Crippen molar-refractivity contribution in [1.82, 2.24) is 16.2 Å². The number of halogens is 1. The van der Waals surface area contributed by atoms with Gasteiger partial charge in [0.15, 0.2) is 10.2 Å². The Morgan fingerprint density at radius 3 is 2.29 bits per heavy atom. The first-order valence-electron chi connectivity index (χ1n) is 4.41. The molecule has 0 saturated carbocycles. The van der Waals surface area contributed by atoms with Crippen LogP contribution in [-0.4, -0.2) is 16.1 Å². The number of hydrogen-bond acceptors (Lipinski definition) is 3. The molecule has 0 unspecified atom stereocenters. The Bertz CT molecular complexity index is 449. The summed E-state index contributed by atoms with van der Waals surface area (Å²) in [5, 5.41) is 3.07. The number of carbonyl (C=O) groups is 1. The minimum absolute atomic E-state index is 0.0214. The SMILES string of the molecule is NC(=S)NNC(=S)NC(=O)c1ccc(Cl)cc1. The molecule has 1 rings (SSSR count). The van der Waals surface area contributed by atoms with E-state index in [0.717, 1.165) is 0 Å². The molecule has 0 spiro atoms. The monoisotopic (exact) mass is 288 g/mol. The van der Waals surface area contributed by atoms with Gasteiger partial charge in [0.25, 0.3) is 5.91 Å². The summed E-state index contributed by atoms with van der Waals surface area (Å²) in [4.78, 5) is 11.6. The van der Waals surface area contributed by atoms with Crippen molar-refractivity contribution in [2.24, 2.45) is 5.73 Å².